The van der Waals surface area contributed by atoms with E-state index in [-0.39, 0.29) is 17.1 Å². The Labute approximate surface area is 101 Å². The molecular weight excluding hydrogens is 200 g/mol. The Hall–Kier alpha value is -0.0800. The van der Waals surface area contributed by atoms with Gasteiger partial charge in [0.05, 0.1) is 11.7 Å². The topological polar surface area (TPSA) is 18.5 Å². The van der Waals surface area contributed by atoms with Gasteiger partial charge in [-0.2, -0.15) is 0 Å². The van der Waals surface area contributed by atoms with Crippen LogP contribution in [-0.4, -0.2) is 25.9 Å². The van der Waals surface area contributed by atoms with Gasteiger partial charge in [-0.3, -0.25) is 0 Å². The summed E-state index contributed by atoms with van der Waals surface area (Å²) in [4.78, 5) is 0. The molecule has 0 aromatic rings. The predicted molar refractivity (Wildman–Crippen MR) is 67.6 cm³/mol. The van der Waals surface area contributed by atoms with E-state index in [0.29, 0.717) is 5.41 Å². The van der Waals surface area contributed by atoms with Crippen LogP contribution in [0.4, 0.5) is 0 Å². The maximum absolute atomic E-state index is 5.75. The molecule has 0 aliphatic heterocycles. The molecule has 0 aromatic carbocycles. The lowest BCUT2D eigenvalue weighted by Crippen LogP contribution is -2.45. The number of ether oxygens (including phenoxy) is 2. The van der Waals surface area contributed by atoms with Crippen molar-refractivity contribution >= 4 is 0 Å². The van der Waals surface area contributed by atoms with Gasteiger partial charge < -0.3 is 9.47 Å². The van der Waals surface area contributed by atoms with Gasteiger partial charge in [0.1, 0.15) is 0 Å². The summed E-state index contributed by atoms with van der Waals surface area (Å²) < 4.78 is 11.4. The van der Waals surface area contributed by atoms with Crippen molar-refractivity contribution in [1.82, 2.24) is 0 Å². The summed E-state index contributed by atoms with van der Waals surface area (Å²) in [5.41, 5.74) is 0.465. The minimum atomic E-state index is -0.0104. The van der Waals surface area contributed by atoms with E-state index in [1.54, 1.807) is 0 Å². The first-order valence-electron chi connectivity index (χ1n) is 6.25. The Balaban J connectivity index is 2.79. The summed E-state index contributed by atoms with van der Waals surface area (Å²) in [6.45, 7) is 11.5. The fraction of sp³-hybridized carbons (Fsp3) is 1.00. The average Bonchev–Trinajstić information content (AvgIpc) is 2.81. The van der Waals surface area contributed by atoms with E-state index >= 15 is 0 Å². The molecule has 0 amide bonds. The second-order valence-corrected chi connectivity index (χ2v) is 7.11. The average molecular weight is 228 g/mol. The van der Waals surface area contributed by atoms with Gasteiger partial charge in [0.25, 0.3) is 0 Å². The minimum absolute atomic E-state index is 0.0104. The van der Waals surface area contributed by atoms with E-state index in [2.05, 4.69) is 34.6 Å². The maximum Gasteiger partial charge on any atom is 0.0946 e. The number of hydrogen-bond donors (Lipinski definition) is 0. The van der Waals surface area contributed by atoms with E-state index in [0.717, 1.165) is 19.3 Å². The van der Waals surface area contributed by atoms with Gasteiger partial charge in [0, 0.05) is 14.2 Å². The zero-order chi connectivity index (χ0) is 12.6. The first kappa shape index (κ1) is 14.0. The van der Waals surface area contributed by atoms with Gasteiger partial charge in [-0.05, 0) is 30.1 Å². The van der Waals surface area contributed by atoms with Gasteiger partial charge in [-0.25, -0.2) is 0 Å². The molecule has 1 atom stereocenters. The molecule has 0 bridgehead atoms. The summed E-state index contributed by atoms with van der Waals surface area (Å²) in [5, 5.41) is 0. The molecule has 0 saturated heterocycles. The van der Waals surface area contributed by atoms with Crippen LogP contribution in [0.1, 0.15) is 53.9 Å². The number of hydrogen-bond acceptors (Lipinski definition) is 2. The SMILES string of the molecule is COC(C(C)(C)CC(C)(C)C)C1(OC)CC1. The lowest BCUT2D eigenvalue weighted by atomic mass is 9.71. The van der Waals surface area contributed by atoms with Crippen LogP contribution in [0.3, 0.4) is 0 Å². The monoisotopic (exact) mass is 228 g/mol. The van der Waals surface area contributed by atoms with E-state index in [1.807, 2.05) is 14.2 Å². The Bertz CT molecular complexity index is 234. The molecule has 96 valence electrons. The van der Waals surface area contributed by atoms with Crippen LogP contribution in [0.2, 0.25) is 0 Å². The molecule has 1 rings (SSSR count). The molecular formula is C14H28O2. The number of rotatable bonds is 5. The smallest absolute Gasteiger partial charge is 0.0946 e. The van der Waals surface area contributed by atoms with Crippen molar-refractivity contribution in [3.8, 4) is 0 Å². The fourth-order valence-electron chi connectivity index (χ4n) is 3.40. The molecule has 0 radical (unpaired) electrons. The van der Waals surface area contributed by atoms with Crippen molar-refractivity contribution in [2.75, 3.05) is 14.2 Å². The molecule has 1 saturated carbocycles. The van der Waals surface area contributed by atoms with Crippen molar-refractivity contribution < 1.29 is 9.47 Å². The third-order valence-electron chi connectivity index (χ3n) is 3.56. The molecule has 2 heteroatoms. The standard InChI is InChI=1S/C14H28O2/c1-12(2,3)10-13(4,5)11(15-6)14(16-7)8-9-14/h11H,8-10H2,1-7H3. The molecule has 0 aromatic heterocycles. The first-order chi connectivity index (χ1) is 7.17. The highest BCUT2D eigenvalue weighted by atomic mass is 16.5. The zero-order valence-electron chi connectivity index (χ0n) is 12.0. The molecule has 0 N–H and O–H groups in total. The zero-order valence-corrected chi connectivity index (χ0v) is 12.0. The van der Waals surface area contributed by atoms with Gasteiger partial charge >= 0.3 is 0 Å². The van der Waals surface area contributed by atoms with Crippen LogP contribution in [0.25, 0.3) is 0 Å². The second kappa shape index (κ2) is 4.30. The van der Waals surface area contributed by atoms with Crippen molar-refractivity contribution in [3.63, 3.8) is 0 Å². The molecule has 1 unspecified atom stereocenters. The Morgan fingerprint density at radius 1 is 1.06 bits per heavy atom. The normalized spacial score (nSPS) is 21.9. The van der Waals surface area contributed by atoms with E-state index in [1.165, 1.54) is 0 Å². The minimum Gasteiger partial charge on any atom is -0.378 e. The molecule has 1 aliphatic rings. The lowest BCUT2D eigenvalue weighted by molar-refractivity contribution is -0.117. The molecule has 1 fully saturated rings. The summed E-state index contributed by atoms with van der Waals surface area (Å²) in [7, 11) is 3.63. The molecule has 0 spiro atoms. The highest BCUT2D eigenvalue weighted by molar-refractivity contribution is 5.07. The highest BCUT2D eigenvalue weighted by Gasteiger charge is 2.56. The van der Waals surface area contributed by atoms with Crippen LogP contribution in [0.5, 0.6) is 0 Å². The van der Waals surface area contributed by atoms with E-state index in [4.69, 9.17) is 9.47 Å². The van der Waals surface area contributed by atoms with Gasteiger partial charge in [-0.15, -0.1) is 0 Å². The largest absolute Gasteiger partial charge is 0.378 e. The van der Waals surface area contributed by atoms with E-state index in [9.17, 15) is 0 Å². The summed E-state index contributed by atoms with van der Waals surface area (Å²) in [5.74, 6) is 0. The molecule has 16 heavy (non-hydrogen) atoms. The molecule has 0 heterocycles. The van der Waals surface area contributed by atoms with Crippen molar-refractivity contribution in [1.29, 1.82) is 0 Å². The lowest BCUT2D eigenvalue weighted by Gasteiger charge is -2.41. The van der Waals surface area contributed by atoms with Crippen LogP contribution in [0, 0.1) is 10.8 Å². The number of methoxy groups -OCH3 is 2. The Kier molecular flexibility index (Phi) is 3.76. The quantitative estimate of drug-likeness (QED) is 0.715. The summed E-state index contributed by atoms with van der Waals surface area (Å²) in [6, 6.07) is 0. The van der Waals surface area contributed by atoms with E-state index < -0.39 is 0 Å². The first-order valence-corrected chi connectivity index (χ1v) is 6.25. The van der Waals surface area contributed by atoms with Gasteiger partial charge in [-0.1, -0.05) is 34.6 Å². The summed E-state index contributed by atoms with van der Waals surface area (Å²) >= 11 is 0. The van der Waals surface area contributed by atoms with Crippen LogP contribution in [0.15, 0.2) is 0 Å². The Morgan fingerprint density at radius 3 is 1.81 bits per heavy atom. The van der Waals surface area contributed by atoms with Crippen LogP contribution >= 0.6 is 0 Å². The van der Waals surface area contributed by atoms with Crippen LogP contribution in [-0.2, 0) is 9.47 Å². The Morgan fingerprint density at radius 2 is 1.56 bits per heavy atom. The molecule has 1 aliphatic carbocycles. The van der Waals surface area contributed by atoms with Gasteiger partial charge in [0.15, 0.2) is 0 Å². The highest BCUT2D eigenvalue weighted by Crippen LogP contribution is 2.51. The second-order valence-electron chi connectivity index (χ2n) is 7.11. The van der Waals surface area contributed by atoms with Gasteiger partial charge in [0.2, 0.25) is 0 Å². The summed E-state index contributed by atoms with van der Waals surface area (Å²) in [6.07, 6.45) is 3.61. The van der Waals surface area contributed by atoms with Crippen LogP contribution < -0.4 is 0 Å². The van der Waals surface area contributed by atoms with Crippen molar-refractivity contribution in [2.45, 2.75) is 65.6 Å². The fourth-order valence-corrected chi connectivity index (χ4v) is 3.40. The predicted octanol–water partition coefficient (Wildman–Crippen LogP) is 3.64. The van der Waals surface area contributed by atoms with Crippen molar-refractivity contribution in [3.05, 3.63) is 0 Å². The molecule has 2 nitrogen and oxygen atoms in total. The maximum atomic E-state index is 5.75. The van der Waals surface area contributed by atoms with Crippen molar-refractivity contribution in [2.24, 2.45) is 10.8 Å². The third kappa shape index (κ3) is 2.98. The third-order valence-corrected chi connectivity index (χ3v) is 3.56.